The highest BCUT2D eigenvalue weighted by molar-refractivity contribution is 6.34. The van der Waals surface area contributed by atoms with Crippen LogP contribution in [0.5, 0.6) is 0 Å². The minimum absolute atomic E-state index is 0.147. The second-order valence-corrected chi connectivity index (χ2v) is 9.43. The maximum atomic E-state index is 12.4. The fourth-order valence-corrected chi connectivity index (χ4v) is 5.62. The van der Waals surface area contributed by atoms with Gasteiger partial charge < -0.3 is 20.8 Å². The van der Waals surface area contributed by atoms with Gasteiger partial charge in [-0.25, -0.2) is 0 Å². The maximum absolute atomic E-state index is 12.4. The Labute approximate surface area is 217 Å². The highest BCUT2D eigenvalue weighted by Crippen LogP contribution is 2.44. The van der Waals surface area contributed by atoms with Gasteiger partial charge in [-0.3, -0.25) is 19.2 Å². The lowest BCUT2D eigenvalue weighted by Gasteiger charge is -2.21. The molecule has 0 unspecified atom stereocenters. The van der Waals surface area contributed by atoms with Crippen LogP contribution in [-0.4, -0.2) is 48.1 Å². The van der Waals surface area contributed by atoms with Crippen molar-refractivity contribution in [2.24, 2.45) is 0 Å². The summed E-state index contributed by atoms with van der Waals surface area (Å²) in [4.78, 5) is 48.1. The van der Waals surface area contributed by atoms with Gasteiger partial charge in [-0.2, -0.15) is 0 Å². The van der Waals surface area contributed by atoms with Crippen LogP contribution >= 0.6 is 0 Å². The first-order valence-electron chi connectivity index (χ1n) is 12.2. The number of hydrogen-bond donors (Lipinski definition) is 4. The standard InChI is InChI=1S/C30H26N2O6/c1-31-23(33)11-15-3-7-19-21-9-5-17(13-25(35)36)28-18(14-26(37)38)6-10-22(30(21)28)20-8-4-16(12-24(34)32-2)27(15)29(19)20/h3-10H,11-14H2,1-2H3,(H,31,33)(H,32,34)(H,35,36)(H,37,38). The van der Waals surface area contributed by atoms with E-state index >= 15 is 0 Å². The normalized spacial score (nSPS) is 11.4. The number of benzene rings is 5. The fourth-order valence-electron chi connectivity index (χ4n) is 5.62. The average Bonchev–Trinajstić information content (AvgIpc) is 2.88. The van der Waals surface area contributed by atoms with Crippen molar-refractivity contribution in [3.8, 4) is 0 Å². The molecular formula is C30H26N2O6. The number of carboxylic acid groups (broad SMARTS) is 2. The molecule has 8 nitrogen and oxygen atoms in total. The molecule has 0 fully saturated rings. The van der Waals surface area contributed by atoms with E-state index in [1.165, 1.54) is 0 Å². The Morgan fingerprint density at radius 3 is 1.05 bits per heavy atom. The van der Waals surface area contributed by atoms with Crippen LogP contribution in [0.3, 0.4) is 0 Å². The smallest absolute Gasteiger partial charge is 0.307 e. The first-order chi connectivity index (χ1) is 18.2. The van der Waals surface area contributed by atoms with Gasteiger partial charge in [0.2, 0.25) is 11.8 Å². The minimum atomic E-state index is -0.997. The molecule has 38 heavy (non-hydrogen) atoms. The van der Waals surface area contributed by atoms with E-state index < -0.39 is 11.9 Å². The molecule has 0 aromatic heterocycles. The van der Waals surface area contributed by atoms with E-state index in [9.17, 15) is 29.4 Å². The first-order valence-corrected chi connectivity index (χ1v) is 12.2. The number of likely N-dealkylation sites (N-methyl/N-ethyl adjacent to an activating group) is 2. The second kappa shape index (κ2) is 9.63. The highest BCUT2D eigenvalue weighted by Gasteiger charge is 2.22. The topological polar surface area (TPSA) is 133 Å². The van der Waals surface area contributed by atoms with Crippen molar-refractivity contribution >= 4 is 66.8 Å². The van der Waals surface area contributed by atoms with Gasteiger partial charge in [-0.05, 0) is 65.3 Å². The quantitative estimate of drug-likeness (QED) is 0.186. The number of carboxylic acids is 2. The zero-order valence-electron chi connectivity index (χ0n) is 21.0. The highest BCUT2D eigenvalue weighted by atomic mass is 16.4. The first kappa shape index (κ1) is 25.0. The molecule has 5 aromatic carbocycles. The molecule has 0 bridgehead atoms. The van der Waals surface area contributed by atoms with Crippen molar-refractivity contribution in [1.29, 1.82) is 0 Å². The van der Waals surface area contributed by atoms with E-state index in [-0.39, 0.29) is 37.5 Å². The van der Waals surface area contributed by atoms with Gasteiger partial charge in [0.05, 0.1) is 25.7 Å². The largest absolute Gasteiger partial charge is 0.481 e. The molecule has 192 valence electrons. The average molecular weight is 511 g/mol. The zero-order chi connectivity index (χ0) is 27.1. The molecule has 0 saturated heterocycles. The Morgan fingerprint density at radius 2 is 0.789 bits per heavy atom. The molecule has 5 rings (SSSR count). The summed E-state index contributed by atoms with van der Waals surface area (Å²) in [7, 11) is 3.17. The van der Waals surface area contributed by atoms with Crippen molar-refractivity contribution in [3.63, 3.8) is 0 Å². The van der Waals surface area contributed by atoms with Crippen LogP contribution in [0.25, 0.3) is 43.1 Å². The summed E-state index contributed by atoms with van der Waals surface area (Å²) in [6.45, 7) is 0. The predicted molar refractivity (Wildman–Crippen MR) is 146 cm³/mol. The van der Waals surface area contributed by atoms with E-state index in [0.717, 1.165) is 48.8 Å². The van der Waals surface area contributed by atoms with Crippen LogP contribution in [0.15, 0.2) is 48.5 Å². The number of aliphatic carboxylic acids is 2. The monoisotopic (exact) mass is 510 g/mol. The van der Waals surface area contributed by atoms with E-state index in [4.69, 9.17) is 0 Å². The number of fused-ring (bicyclic) bond motifs is 2. The Kier molecular flexibility index (Phi) is 6.32. The van der Waals surface area contributed by atoms with E-state index in [2.05, 4.69) is 10.6 Å². The molecule has 0 spiro atoms. The molecule has 2 amide bonds. The second-order valence-electron chi connectivity index (χ2n) is 9.43. The number of nitrogens with one attached hydrogen (secondary N) is 2. The number of carbonyl (C=O) groups is 4. The molecule has 0 saturated carbocycles. The summed E-state index contributed by atoms with van der Waals surface area (Å²) in [6.07, 6.45) is -0.166. The fraction of sp³-hybridized carbons (Fsp3) is 0.200. The number of rotatable bonds is 8. The Bertz CT molecular complexity index is 1670. The summed E-state index contributed by atoms with van der Waals surface area (Å²) in [5, 5.41) is 31.2. The van der Waals surface area contributed by atoms with Gasteiger partial charge in [0.25, 0.3) is 0 Å². The van der Waals surface area contributed by atoms with E-state index in [1.807, 2.05) is 36.4 Å². The summed E-state index contributed by atoms with van der Waals surface area (Å²) >= 11 is 0. The lowest BCUT2D eigenvalue weighted by molar-refractivity contribution is -0.137. The number of carbonyl (C=O) groups excluding carboxylic acids is 2. The molecule has 8 heteroatoms. The summed E-state index contributed by atoms with van der Waals surface area (Å²) in [6, 6.07) is 15.0. The van der Waals surface area contributed by atoms with Crippen molar-refractivity contribution < 1.29 is 29.4 Å². The number of hydrogen-bond acceptors (Lipinski definition) is 4. The third kappa shape index (κ3) is 4.14. The van der Waals surface area contributed by atoms with Crippen LogP contribution in [0.1, 0.15) is 22.3 Å². The summed E-state index contributed by atoms with van der Waals surface area (Å²) < 4.78 is 0. The third-order valence-electron chi connectivity index (χ3n) is 7.19. The van der Waals surface area contributed by atoms with Gasteiger partial charge >= 0.3 is 11.9 Å². The van der Waals surface area contributed by atoms with Crippen LogP contribution < -0.4 is 10.6 Å². The summed E-state index contributed by atoms with van der Waals surface area (Å²) in [5.74, 6) is -2.29. The molecule has 0 atom stereocenters. The van der Waals surface area contributed by atoms with Crippen LogP contribution in [0, 0.1) is 0 Å². The van der Waals surface area contributed by atoms with Gasteiger partial charge in [0.1, 0.15) is 0 Å². The molecule has 0 aliphatic heterocycles. The Hall–Kier alpha value is -4.72. The maximum Gasteiger partial charge on any atom is 0.307 e. The van der Waals surface area contributed by atoms with Crippen LogP contribution in [0.2, 0.25) is 0 Å². The van der Waals surface area contributed by atoms with Crippen molar-refractivity contribution in [3.05, 3.63) is 70.8 Å². The molecular weight excluding hydrogens is 484 g/mol. The molecule has 4 N–H and O–H groups in total. The van der Waals surface area contributed by atoms with Crippen molar-refractivity contribution in [2.45, 2.75) is 25.7 Å². The Balaban J connectivity index is 1.96. The number of amides is 2. The lowest BCUT2D eigenvalue weighted by Crippen LogP contribution is -2.21. The van der Waals surface area contributed by atoms with Crippen molar-refractivity contribution in [1.82, 2.24) is 10.6 Å². The molecule has 0 radical (unpaired) electrons. The predicted octanol–water partition coefficient (Wildman–Crippen LogP) is 3.57. The van der Waals surface area contributed by atoms with Gasteiger partial charge in [0, 0.05) is 14.1 Å². The lowest BCUT2D eigenvalue weighted by atomic mass is 9.83. The SMILES string of the molecule is CNC(=O)Cc1ccc2c3ccc(CC(=O)O)c4c(CC(=O)O)ccc(c5ccc(CC(=O)NC)c1c25)c43. The van der Waals surface area contributed by atoms with Gasteiger partial charge in [-0.15, -0.1) is 0 Å². The van der Waals surface area contributed by atoms with E-state index in [0.29, 0.717) is 16.5 Å². The molecule has 0 aliphatic rings. The third-order valence-corrected chi connectivity index (χ3v) is 7.19. The molecule has 5 aromatic rings. The Morgan fingerprint density at radius 1 is 0.500 bits per heavy atom. The molecule has 0 heterocycles. The zero-order valence-corrected chi connectivity index (χ0v) is 21.0. The van der Waals surface area contributed by atoms with Crippen LogP contribution in [0.4, 0.5) is 0 Å². The summed E-state index contributed by atoms with van der Waals surface area (Å²) in [5.41, 5.74) is 2.71. The molecule has 0 aliphatic carbocycles. The van der Waals surface area contributed by atoms with E-state index in [1.54, 1.807) is 26.2 Å². The minimum Gasteiger partial charge on any atom is -0.481 e. The van der Waals surface area contributed by atoms with Crippen LogP contribution in [-0.2, 0) is 44.9 Å². The van der Waals surface area contributed by atoms with Gasteiger partial charge in [-0.1, -0.05) is 48.5 Å². The van der Waals surface area contributed by atoms with Gasteiger partial charge in [0.15, 0.2) is 0 Å². The van der Waals surface area contributed by atoms with Crippen molar-refractivity contribution in [2.75, 3.05) is 14.1 Å².